The molecule has 0 aliphatic carbocycles. The predicted molar refractivity (Wildman–Crippen MR) is 79.0 cm³/mol. The van der Waals surface area contributed by atoms with E-state index in [0.717, 1.165) is 11.4 Å². The van der Waals surface area contributed by atoms with Crippen LogP contribution < -0.4 is 5.56 Å². The van der Waals surface area contributed by atoms with Crippen LogP contribution in [0.4, 0.5) is 0 Å². The van der Waals surface area contributed by atoms with Gasteiger partial charge in [0, 0.05) is 23.0 Å². The quantitative estimate of drug-likeness (QED) is 0.707. The van der Waals surface area contributed by atoms with E-state index in [1.54, 1.807) is 12.1 Å². The number of ketones is 1. The summed E-state index contributed by atoms with van der Waals surface area (Å²) in [6.07, 6.45) is 0. The number of fused-ring (bicyclic) bond motifs is 1. The third kappa shape index (κ3) is 2.03. The molecular weight excluding hydrogens is 268 g/mol. The van der Waals surface area contributed by atoms with Gasteiger partial charge in [-0.25, -0.2) is 0 Å². The number of hydrogen-bond donors (Lipinski definition) is 2. The highest BCUT2D eigenvalue weighted by atomic mass is 16.3. The Hall–Kier alpha value is -2.82. The van der Waals surface area contributed by atoms with Crippen molar-refractivity contribution < 1.29 is 9.90 Å². The maximum absolute atomic E-state index is 12.6. The third-order valence-corrected chi connectivity index (χ3v) is 3.63. The van der Waals surface area contributed by atoms with Crippen LogP contribution in [0.3, 0.4) is 0 Å². The van der Waals surface area contributed by atoms with Gasteiger partial charge in [0.2, 0.25) is 0 Å². The van der Waals surface area contributed by atoms with E-state index in [1.165, 1.54) is 28.7 Å². The molecule has 3 rings (SSSR count). The predicted octanol–water partition coefficient (Wildman–Crippen LogP) is 2.18. The van der Waals surface area contributed by atoms with Crippen LogP contribution in [0.25, 0.3) is 5.65 Å². The SMILES string of the molecule is Cc1[nH]c2c(C(=O)c3cccc(O)c3)ccc(=O)n2c1C. The number of hydrogen-bond acceptors (Lipinski definition) is 3. The summed E-state index contributed by atoms with van der Waals surface area (Å²) in [7, 11) is 0. The summed E-state index contributed by atoms with van der Waals surface area (Å²) in [5, 5.41) is 9.50. The zero-order chi connectivity index (χ0) is 15.1. The van der Waals surface area contributed by atoms with Crippen molar-refractivity contribution in [1.82, 2.24) is 9.38 Å². The Labute approximate surface area is 120 Å². The second kappa shape index (κ2) is 4.63. The normalized spacial score (nSPS) is 11.0. The molecule has 5 nitrogen and oxygen atoms in total. The van der Waals surface area contributed by atoms with Crippen molar-refractivity contribution in [2.45, 2.75) is 13.8 Å². The molecule has 0 radical (unpaired) electrons. The highest BCUT2D eigenvalue weighted by molar-refractivity contribution is 6.12. The molecule has 2 heterocycles. The van der Waals surface area contributed by atoms with Crippen molar-refractivity contribution in [2.75, 3.05) is 0 Å². The lowest BCUT2D eigenvalue weighted by atomic mass is 10.0. The summed E-state index contributed by atoms with van der Waals surface area (Å²) in [4.78, 5) is 27.6. The Morgan fingerprint density at radius 3 is 2.67 bits per heavy atom. The Kier molecular flexibility index (Phi) is 2.90. The number of pyridine rings is 1. The van der Waals surface area contributed by atoms with E-state index in [4.69, 9.17) is 0 Å². The van der Waals surface area contributed by atoms with Crippen LogP contribution in [0.15, 0.2) is 41.2 Å². The van der Waals surface area contributed by atoms with Crippen LogP contribution in [0.1, 0.15) is 27.3 Å². The van der Waals surface area contributed by atoms with Crippen LogP contribution in [0, 0.1) is 13.8 Å². The van der Waals surface area contributed by atoms with E-state index >= 15 is 0 Å². The van der Waals surface area contributed by atoms with Crippen LogP contribution in [-0.4, -0.2) is 20.3 Å². The van der Waals surface area contributed by atoms with Gasteiger partial charge >= 0.3 is 0 Å². The number of nitrogens with one attached hydrogen (secondary N) is 1. The molecule has 1 aromatic carbocycles. The Morgan fingerprint density at radius 2 is 1.95 bits per heavy atom. The number of aromatic nitrogens is 2. The first-order chi connectivity index (χ1) is 9.99. The van der Waals surface area contributed by atoms with Crippen LogP contribution in [-0.2, 0) is 0 Å². The first-order valence-corrected chi connectivity index (χ1v) is 6.53. The first-order valence-electron chi connectivity index (χ1n) is 6.53. The molecule has 0 aliphatic rings. The molecule has 0 spiro atoms. The van der Waals surface area contributed by atoms with Crippen LogP contribution in [0.5, 0.6) is 5.75 Å². The lowest BCUT2D eigenvalue weighted by Crippen LogP contribution is -2.15. The summed E-state index contributed by atoms with van der Waals surface area (Å²) in [6, 6.07) is 9.05. The molecule has 5 heteroatoms. The van der Waals surface area contributed by atoms with Crippen molar-refractivity contribution in [2.24, 2.45) is 0 Å². The number of phenolic OH excluding ortho intramolecular Hbond substituents is 1. The smallest absolute Gasteiger partial charge is 0.256 e. The van der Waals surface area contributed by atoms with Crippen molar-refractivity contribution >= 4 is 11.4 Å². The number of H-pyrrole nitrogens is 1. The molecule has 2 N–H and O–H groups in total. The van der Waals surface area contributed by atoms with Gasteiger partial charge in [-0.2, -0.15) is 0 Å². The number of aromatic hydroxyl groups is 1. The molecule has 0 fully saturated rings. The highest BCUT2D eigenvalue weighted by Gasteiger charge is 2.17. The van der Waals surface area contributed by atoms with Crippen molar-refractivity contribution in [1.29, 1.82) is 0 Å². The van der Waals surface area contributed by atoms with Crippen molar-refractivity contribution in [3.8, 4) is 5.75 Å². The van der Waals surface area contributed by atoms with E-state index in [9.17, 15) is 14.7 Å². The van der Waals surface area contributed by atoms with Gasteiger partial charge in [-0.1, -0.05) is 12.1 Å². The maximum Gasteiger partial charge on any atom is 0.256 e. The number of carbonyl (C=O) groups excluding carboxylic acids is 1. The van der Waals surface area contributed by atoms with Crippen molar-refractivity contribution in [3.63, 3.8) is 0 Å². The number of carbonyl (C=O) groups is 1. The summed E-state index contributed by atoms with van der Waals surface area (Å²) in [6.45, 7) is 3.67. The minimum Gasteiger partial charge on any atom is -0.508 e. The van der Waals surface area contributed by atoms with Gasteiger partial charge in [-0.3, -0.25) is 14.0 Å². The fraction of sp³-hybridized carbons (Fsp3) is 0.125. The molecule has 0 bridgehead atoms. The molecule has 3 aromatic rings. The number of aromatic amines is 1. The fourth-order valence-electron chi connectivity index (χ4n) is 2.42. The molecule has 106 valence electrons. The minimum absolute atomic E-state index is 0.0315. The van der Waals surface area contributed by atoms with Gasteiger partial charge in [-0.15, -0.1) is 0 Å². The largest absolute Gasteiger partial charge is 0.508 e. The molecule has 0 saturated heterocycles. The Bertz CT molecular complexity index is 919. The minimum atomic E-state index is -0.246. The molecule has 0 saturated carbocycles. The van der Waals surface area contributed by atoms with Crippen LogP contribution >= 0.6 is 0 Å². The highest BCUT2D eigenvalue weighted by Crippen LogP contribution is 2.19. The summed E-state index contributed by atoms with van der Waals surface area (Å²) >= 11 is 0. The van der Waals surface area contributed by atoms with Crippen molar-refractivity contribution in [3.05, 3.63) is 69.3 Å². The first kappa shape index (κ1) is 13.2. The third-order valence-electron chi connectivity index (χ3n) is 3.63. The van der Waals surface area contributed by atoms with Gasteiger partial charge in [0.25, 0.3) is 5.56 Å². The summed E-state index contributed by atoms with van der Waals surface area (Å²) in [5.74, 6) is -0.214. The molecule has 0 unspecified atom stereocenters. The number of aryl methyl sites for hydroxylation is 2. The lowest BCUT2D eigenvalue weighted by Gasteiger charge is -2.04. The van der Waals surface area contributed by atoms with Gasteiger partial charge in [0.15, 0.2) is 5.78 Å². The van der Waals surface area contributed by atoms with E-state index in [1.807, 2.05) is 13.8 Å². The summed E-state index contributed by atoms with van der Waals surface area (Å²) in [5.41, 5.74) is 2.69. The average Bonchev–Trinajstić information content (AvgIpc) is 2.75. The molecule has 2 aromatic heterocycles. The monoisotopic (exact) mass is 282 g/mol. The molecule has 0 amide bonds. The average molecular weight is 282 g/mol. The van der Waals surface area contributed by atoms with Gasteiger partial charge in [0.1, 0.15) is 11.4 Å². The van der Waals surface area contributed by atoms with Crippen LogP contribution in [0.2, 0.25) is 0 Å². The van der Waals surface area contributed by atoms with E-state index in [2.05, 4.69) is 4.98 Å². The number of imidazole rings is 1. The number of phenols is 1. The number of rotatable bonds is 2. The van der Waals surface area contributed by atoms with Gasteiger partial charge < -0.3 is 10.1 Å². The van der Waals surface area contributed by atoms with E-state index in [-0.39, 0.29) is 17.1 Å². The number of nitrogens with zero attached hydrogens (tertiary/aromatic N) is 1. The van der Waals surface area contributed by atoms with Gasteiger partial charge in [0.05, 0.1) is 5.56 Å². The van der Waals surface area contributed by atoms with Gasteiger partial charge in [-0.05, 0) is 32.0 Å². The maximum atomic E-state index is 12.6. The standard InChI is InChI=1S/C16H14N2O3/c1-9-10(2)18-14(20)7-6-13(16(18)17-9)15(21)11-4-3-5-12(19)8-11/h3-8,17,19H,1-2H3. The Balaban J connectivity index is 2.26. The number of benzene rings is 1. The topological polar surface area (TPSA) is 74.6 Å². The van der Waals surface area contributed by atoms with E-state index in [0.29, 0.717) is 16.8 Å². The second-order valence-electron chi connectivity index (χ2n) is 4.98. The molecule has 21 heavy (non-hydrogen) atoms. The second-order valence-corrected chi connectivity index (χ2v) is 4.98. The fourth-order valence-corrected chi connectivity index (χ4v) is 2.42. The molecule has 0 aliphatic heterocycles. The Morgan fingerprint density at radius 1 is 1.19 bits per heavy atom. The zero-order valence-electron chi connectivity index (χ0n) is 11.7. The molecular formula is C16H14N2O3. The lowest BCUT2D eigenvalue weighted by molar-refractivity contribution is 0.103. The molecule has 0 atom stereocenters. The zero-order valence-corrected chi connectivity index (χ0v) is 11.7. The van der Waals surface area contributed by atoms with E-state index < -0.39 is 0 Å². The summed E-state index contributed by atoms with van der Waals surface area (Å²) < 4.78 is 1.49.